The summed E-state index contributed by atoms with van der Waals surface area (Å²) in [4.78, 5) is 12.7. The molecule has 1 heterocycles. The molecule has 122 valence electrons. The SMILES string of the molecule is CCCC1CC(OS(=O)(=O)C(F)(F)F)=C(C(=O)O)CN1C. The predicted octanol–water partition coefficient (Wildman–Crippen LogP) is 1.70. The lowest BCUT2D eigenvalue weighted by molar-refractivity contribution is -0.133. The molecule has 0 spiro atoms. The summed E-state index contributed by atoms with van der Waals surface area (Å²) in [7, 11) is -4.24. The average Bonchev–Trinajstić information content (AvgIpc) is 2.31. The highest BCUT2D eigenvalue weighted by atomic mass is 32.2. The number of aliphatic carboxylic acids is 1. The molecule has 0 saturated carbocycles. The topological polar surface area (TPSA) is 83.9 Å². The Kier molecular flexibility index (Phi) is 5.26. The Morgan fingerprint density at radius 3 is 2.48 bits per heavy atom. The lowest BCUT2D eigenvalue weighted by Gasteiger charge is -2.33. The highest BCUT2D eigenvalue weighted by Gasteiger charge is 2.49. The number of rotatable bonds is 5. The fourth-order valence-corrected chi connectivity index (χ4v) is 2.59. The summed E-state index contributed by atoms with van der Waals surface area (Å²) in [6.45, 7) is 1.68. The van der Waals surface area contributed by atoms with E-state index in [0.717, 1.165) is 6.42 Å². The zero-order valence-corrected chi connectivity index (χ0v) is 12.3. The summed E-state index contributed by atoms with van der Waals surface area (Å²) in [6.07, 6.45) is 1.11. The van der Waals surface area contributed by atoms with E-state index >= 15 is 0 Å². The molecule has 1 N–H and O–H groups in total. The maximum absolute atomic E-state index is 12.3. The first-order chi connectivity index (χ1) is 9.49. The van der Waals surface area contributed by atoms with Gasteiger partial charge in [0.05, 0.1) is 5.57 Å². The van der Waals surface area contributed by atoms with Crippen molar-refractivity contribution in [1.29, 1.82) is 0 Å². The third kappa shape index (κ3) is 4.10. The van der Waals surface area contributed by atoms with Gasteiger partial charge in [-0.05, 0) is 13.5 Å². The molecule has 1 atom stereocenters. The Morgan fingerprint density at radius 2 is 2.05 bits per heavy atom. The van der Waals surface area contributed by atoms with Crippen molar-refractivity contribution in [2.45, 2.75) is 37.7 Å². The maximum atomic E-state index is 12.3. The second-order valence-electron chi connectivity index (χ2n) is 4.75. The number of carboxylic acids is 1. The molecule has 0 amide bonds. The Labute approximate surface area is 120 Å². The van der Waals surface area contributed by atoms with Crippen molar-refractivity contribution in [3.05, 3.63) is 11.3 Å². The predicted molar refractivity (Wildman–Crippen MR) is 66.7 cm³/mol. The van der Waals surface area contributed by atoms with Crippen LogP contribution >= 0.6 is 0 Å². The van der Waals surface area contributed by atoms with Crippen LogP contribution in [0.2, 0.25) is 0 Å². The fourth-order valence-electron chi connectivity index (χ4n) is 2.07. The van der Waals surface area contributed by atoms with Crippen LogP contribution < -0.4 is 0 Å². The van der Waals surface area contributed by atoms with Gasteiger partial charge >= 0.3 is 21.6 Å². The largest absolute Gasteiger partial charge is 0.534 e. The molecule has 1 unspecified atom stereocenters. The minimum Gasteiger partial charge on any atom is -0.478 e. The number of carbonyl (C=O) groups is 1. The molecule has 0 fully saturated rings. The van der Waals surface area contributed by atoms with Gasteiger partial charge in [-0.25, -0.2) is 4.79 Å². The normalized spacial score (nSPS) is 21.5. The van der Waals surface area contributed by atoms with E-state index in [4.69, 9.17) is 5.11 Å². The van der Waals surface area contributed by atoms with Crippen LogP contribution in [0.4, 0.5) is 13.2 Å². The van der Waals surface area contributed by atoms with Crippen molar-refractivity contribution < 1.29 is 35.7 Å². The van der Waals surface area contributed by atoms with Crippen LogP contribution in [0.1, 0.15) is 26.2 Å². The van der Waals surface area contributed by atoms with Crippen LogP contribution in [0.3, 0.4) is 0 Å². The molecule has 0 saturated heterocycles. The van der Waals surface area contributed by atoms with Crippen molar-refractivity contribution in [2.24, 2.45) is 0 Å². The van der Waals surface area contributed by atoms with Gasteiger partial charge < -0.3 is 9.29 Å². The maximum Gasteiger partial charge on any atom is 0.534 e. The Hall–Kier alpha value is -1.29. The van der Waals surface area contributed by atoms with E-state index in [-0.39, 0.29) is 19.0 Å². The third-order valence-corrected chi connectivity index (χ3v) is 4.15. The molecular weight excluding hydrogens is 315 g/mol. The van der Waals surface area contributed by atoms with Gasteiger partial charge in [-0.3, -0.25) is 4.90 Å². The van der Waals surface area contributed by atoms with Gasteiger partial charge in [-0.1, -0.05) is 13.3 Å². The summed E-state index contributed by atoms with van der Waals surface area (Å²) in [5, 5.41) is 9.00. The molecule has 10 heteroatoms. The summed E-state index contributed by atoms with van der Waals surface area (Å²) in [5.41, 5.74) is -6.06. The number of carboxylic acid groups (broad SMARTS) is 1. The van der Waals surface area contributed by atoms with Crippen LogP contribution in [0.25, 0.3) is 0 Å². The van der Waals surface area contributed by atoms with Crippen LogP contribution in [0.15, 0.2) is 11.3 Å². The van der Waals surface area contributed by atoms with Gasteiger partial charge in [0.2, 0.25) is 0 Å². The third-order valence-electron chi connectivity index (χ3n) is 3.16. The second-order valence-corrected chi connectivity index (χ2v) is 6.29. The van der Waals surface area contributed by atoms with E-state index in [0.29, 0.717) is 6.42 Å². The molecule has 0 aromatic carbocycles. The Balaban J connectivity index is 3.14. The van der Waals surface area contributed by atoms with Gasteiger partial charge in [-0.15, -0.1) is 0 Å². The smallest absolute Gasteiger partial charge is 0.478 e. The lowest BCUT2D eigenvalue weighted by atomic mass is 9.98. The number of likely N-dealkylation sites (N-methyl/N-ethyl adjacent to an activating group) is 1. The molecular formula is C11H16F3NO5S. The minimum absolute atomic E-state index is 0.178. The summed E-state index contributed by atoms with van der Waals surface area (Å²) < 4.78 is 63.2. The van der Waals surface area contributed by atoms with Gasteiger partial charge in [0, 0.05) is 19.0 Å². The van der Waals surface area contributed by atoms with E-state index in [2.05, 4.69) is 4.18 Å². The van der Waals surface area contributed by atoms with Crippen LogP contribution in [-0.4, -0.2) is 49.5 Å². The first-order valence-corrected chi connectivity index (χ1v) is 7.56. The van der Waals surface area contributed by atoms with Crippen molar-refractivity contribution >= 4 is 16.1 Å². The molecule has 0 aromatic heterocycles. The highest BCUT2D eigenvalue weighted by molar-refractivity contribution is 7.87. The standard InChI is InChI=1S/C11H16F3NO5S/c1-3-4-7-5-9(8(10(16)17)6-15(7)2)20-21(18,19)11(12,13)14/h7H,3-6H2,1-2H3,(H,16,17). The van der Waals surface area contributed by atoms with Gasteiger partial charge in [0.25, 0.3) is 0 Å². The number of halogens is 3. The summed E-state index contributed by atoms with van der Waals surface area (Å²) in [5.74, 6) is -2.14. The van der Waals surface area contributed by atoms with Gasteiger partial charge in [0.15, 0.2) is 0 Å². The van der Waals surface area contributed by atoms with Crippen LogP contribution in [-0.2, 0) is 19.1 Å². The molecule has 0 radical (unpaired) electrons. The zero-order chi connectivity index (χ0) is 16.4. The van der Waals surface area contributed by atoms with Crippen molar-refractivity contribution in [3.8, 4) is 0 Å². The van der Waals surface area contributed by atoms with Crippen molar-refractivity contribution in [3.63, 3.8) is 0 Å². The lowest BCUT2D eigenvalue weighted by Crippen LogP contribution is -2.40. The molecule has 0 bridgehead atoms. The molecule has 0 aliphatic carbocycles. The summed E-state index contributed by atoms with van der Waals surface area (Å²) in [6, 6.07) is -0.267. The summed E-state index contributed by atoms with van der Waals surface area (Å²) >= 11 is 0. The van der Waals surface area contributed by atoms with Crippen LogP contribution in [0, 0.1) is 0 Å². The number of alkyl halides is 3. The molecule has 1 aliphatic rings. The molecule has 21 heavy (non-hydrogen) atoms. The van der Waals surface area contributed by atoms with E-state index in [1.165, 1.54) is 0 Å². The fraction of sp³-hybridized carbons (Fsp3) is 0.727. The van der Waals surface area contributed by atoms with Crippen molar-refractivity contribution in [1.82, 2.24) is 4.90 Å². The highest BCUT2D eigenvalue weighted by Crippen LogP contribution is 2.32. The second kappa shape index (κ2) is 6.22. The van der Waals surface area contributed by atoms with Gasteiger partial charge in [-0.2, -0.15) is 21.6 Å². The minimum atomic E-state index is -5.86. The van der Waals surface area contributed by atoms with E-state index in [1.54, 1.807) is 11.9 Å². The quantitative estimate of drug-likeness (QED) is 0.610. The van der Waals surface area contributed by atoms with E-state index in [9.17, 15) is 26.4 Å². The van der Waals surface area contributed by atoms with Crippen molar-refractivity contribution in [2.75, 3.05) is 13.6 Å². The first kappa shape index (κ1) is 17.8. The molecule has 0 aromatic rings. The van der Waals surface area contributed by atoms with Crippen LogP contribution in [0.5, 0.6) is 0 Å². The molecule has 6 nitrogen and oxygen atoms in total. The number of hydrogen-bond donors (Lipinski definition) is 1. The molecule has 1 rings (SSSR count). The number of nitrogens with zero attached hydrogens (tertiary/aromatic N) is 1. The monoisotopic (exact) mass is 331 g/mol. The first-order valence-electron chi connectivity index (χ1n) is 6.16. The Bertz CT molecular complexity index is 541. The number of hydrogen-bond acceptors (Lipinski definition) is 5. The van der Waals surface area contributed by atoms with Gasteiger partial charge in [0.1, 0.15) is 5.76 Å². The molecule has 1 aliphatic heterocycles. The Morgan fingerprint density at radius 1 is 1.48 bits per heavy atom. The average molecular weight is 331 g/mol. The zero-order valence-electron chi connectivity index (χ0n) is 11.5. The van der Waals surface area contributed by atoms with E-state index in [1.807, 2.05) is 6.92 Å². The van der Waals surface area contributed by atoms with E-state index < -0.39 is 32.9 Å².